The number of ether oxygens (including phenoxy) is 1. The van der Waals surface area contributed by atoms with E-state index in [0.29, 0.717) is 19.4 Å². The Labute approximate surface area is 115 Å². The highest BCUT2D eigenvalue weighted by Gasteiger charge is 2.14. The van der Waals surface area contributed by atoms with Gasteiger partial charge in [-0.25, -0.2) is 4.79 Å². The van der Waals surface area contributed by atoms with Crippen LogP contribution >= 0.6 is 0 Å². The summed E-state index contributed by atoms with van der Waals surface area (Å²) in [4.78, 5) is 25.0. The van der Waals surface area contributed by atoms with E-state index in [1.54, 1.807) is 0 Å². The van der Waals surface area contributed by atoms with Crippen molar-refractivity contribution in [3.05, 3.63) is 0 Å². The molecule has 1 saturated heterocycles. The summed E-state index contributed by atoms with van der Waals surface area (Å²) in [6.45, 7) is 5.89. The highest BCUT2D eigenvalue weighted by atomic mass is 16.5. The van der Waals surface area contributed by atoms with Gasteiger partial charge in [0.15, 0.2) is 0 Å². The van der Waals surface area contributed by atoms with Crippen LogP contribution in [0, 0.1) is 0 Å². The number of likely N-dealkylation sites (tertiary alicyclic amines) is 1. The van der Waals surface area contributed by atoms with Gasteiger partial charge < -0.3 is 15.0 Å². The van der Waals surface area contributed by atoms with Crippen molar-refractivity contribution >= 4 is 12.0 Å². The third kappa shape index (κ3) is 7.03. The zero-order chi connectivity index (χ0) is 14.1. The Bertz CT molecular complexity index is 284. The number of nitrogens with one attached hydrogen (secondary N) is 1. The number of rotatable bonds is 5. The number of esters is 1. The zero-order valence-electron chi connectivity index (χ0n) is 12.1. The van der Waals surface area contributed by atoms with Gasteiger partial charge in [0.25, 0.3) is 0 Å². The molecule has 0 atom stereocenters. The molecular weight excluding hydrogens is 244 g/mol. The second-order valence-corrected chi connectivity index (χ2v) is 5.28. The lowest BCUT2D eigenvalue weighted by atomic mass is 10.2. The van der Waals surface area contributed by atoms with Crippen molar-refractivity contribution in [1.82, 2.24) is 10.2 Å². The second-order valence-electron chi connectivity index (χ2n) is 5.28. The summed E-state index contributed by atoms with van der Waals surface area (Å²) in [5.74, 6) is -0.195. The van der Waals surface area contributed by atoms with E-state index in [1.807, 2.05) is 18.7 Å². The molecule has 2 amide bonds. The molecule has 1 heterocycles. The number of amides is 2. The van der Waals surface area contributed by atoms with Crippen LogP contribution < -0.4 is 5.32 Å². The predicted molar refractivity (Wildman–Crippen MR) is 73.9 cm³/mol. The van der Waals surface area contributed by atoms with Crippen LogP contribution in [-0.2, 0) is 9.53 Å². The molecular formula is C14H26N2O3. The summed E-state index contributed by atoms with van der Waals surface area (Å²) in [5.41, 5.74) is 0. The van der Waals surface area contributed by atoms with Crippen LogP contribution in [0.25, 0.3) is 0 Å². The molecule has 0 spiro atoms. The van der Waals surface area contributed by atoms with Crippen molar-refractivity contribution in [2.24, 2.45) is 0 Å². The van der Waals surface area contributed by atoms with E-state index in [0.717, 1.165) is 25.9 Å². The molecule has 0 bridgehead atoms. The molecule has 1 fully saturated rings. The fourth-order valence-corrected chi connectivity index (χ4v) is 2.14. The molecule has 0 aromatic heterocycles. The molecule has 0 radical (unpaired) electrons. The zero-order valence-corrected chi connectivity index (χ0v) is 12.1. The van der Waals surface area contributed by atoms with Crippen molar-refractivity contribution in [1.29, 1.82) is 0 Å². The van der Waals surface area contributed by atoms with Crippen molar-refractivity contribution in [2.75, 3.05) is 19.6 Å². The van der Waals surface area contributed by atoms with E-state index in [1.165, 1.54) is 12.8 Å². The number of hydrogen-bond donors (Lipinski definition) is 1. The topological polar surface area (TPSA) is 58.6 Å². The third-order valence-corrected chi connectivity index (χ3v) is 3.09. The summed E-state index contributed by atoms with van der Waals surface area (Å²) in [6, 6.07) is -0.000808. The maximum absolute atomic E-state index is 11.9. The molecule has 0 saturated carbocycles. The first kappa shape index (κ1) is 15.8. The SMILES string of the molecule is CC(C)OC(=O)CCCNC(=O)N1CCCCCC1. The Morgan fingerprint density at radius 3 is 2.37 bits per heavy atom. The first-order valence-electron chi connectivity index (χ1n) is 7.32. The van der Waals surface area contributed by atoms with Gasteiger partial charge in [0.2, 0.25) is 0 Å². The van der Waals surface area contributed by atoms with Crippen LogP contribution in [0.4, 0.5) is 4.79 Å². The van der Waals surface area contributed by atoms with Crippen LogP contribution in [0.15, 0.2) is 0 Å². The summed E-state index contributed by atoms with van der Waals surface area (Å²) in [7, 11) is 0. The normalized spacial score (nSPS) is 16.1. The predicted octanol–water partition coefficient (Wildman–Crippen LogP) is 2.30. The Morgan fingerprint density at radius 1 is 1.16 bits per heavy atom. The quantitative estimate of drug-likeness (QED) is 0.616. The molecule has 0 aliphatic carbocycles. The van der Waals surface area contributed by atoms with Crippen molar-refractivity contribution in [3.63, 3.8) is 0 Å². The van der Waals surface area contributed by atoms with Crippen LogP contribution in [0.5, 0.6) is 0 Å². The Balaban J connectivity index is 2.11. The van der Waals surface area contributed by atoms with Crippen LogP contribution in [0.2, 0.25) is 0 Å². The summed E-state index contributed by atoms with van der Waals surface area (Å²) in [5, 5.41) is 2.87. The van der Waals surface area contributed by atoms with Gasteiger partial charge in [-0.1, -0.05) is 12.8 Å². The molecule has 1 N–H and O–H groups in total. The first-order chi connectivity index (χ1) is 9.09. The fraction of sp³-hybridized carbons (Fsp3) is 0.857. The standard InChI is InChI=1S/C14H26N2O3/c1-12(2)19-13(17)8-7-9-15-14(18)16-10-5-3-4-6-11-16/h12H,3-11H2,1-2H3,(H,15,18). The lowest BCUT2D eigenvalue weighted by molar-refractivity contribution is -0.147. The van der Waals surface area contributed by atoms with Gasteiger partial charge in [0.1, 0.15) is 0 Å². The summed E-state index contributed by atoms with van der Waals surface area (Å²) < 4.78 is 5.03. The molecule has 0 aromatic carbocycles. The van der Waals surface area contributed by atoms with Crippen LogP contribution in [0.1, 0.15) is 52.4 Å². The van der Waals surface area contributed by atoms with E-state index in [-0.39, 0.29) is 18.1 Å². The van der Waals surface area contributed by atoms with E-state index in [9.17, 15) is 9.59 Å². The van der Waals surface area contributed by atoms with Gasteiger partial charge in [0.05, 0.1) is 6.10 Å². The number of nitrogens with zero attached hydrogens (tertiary/aromatic N) is 1. The second kappa shape index (κ2) is 8.77. The lowest BCUT2D eigenvalue weighted by Gasteiger charge is -2.20. The van der Waals surface area contributed by atoms with Crippen molar-refractivity contribution in [2.45, 2.75) is 58.5 Å². The number of urea groups is 1. The number of hydrogen-bond acceptors (Lipinski definition) is 3. The fourth-order valence-electron chi connectivity index (χ4n) is 2.14. The maximum Gasteiger partial charge on any atom is 0.317 e. The number of carbonyl (C=O) groups excluding carboxylic acids is 2. The molecule has 0 unspecified atom stereocenters. The van der Waals surface area contributed by atoms with Crippen molar-refractivity contribution in [3.8, 4) is 0 Å². The minimum atomic E-state index is -0.195. The van der Waals surface area contributed by atoms with Crippen LogP contribution in [-0.4, -0.2) is 42.6 Å². The van der Waals surface area contributed by atoms with Gasteiger partial charge in [-0.15, -0.1) is 0 Å². The highest BCUT2D eigenvalue weighted by molar-refractivity contribution is 5.74. The van der Waals surface area contributed by atoms with Gasteiger partial charge in [0, 0.05) is 26.1 Å². The van der Waals surface area contributed by atoms with E-state index >= 15 is 0 Å². The molecule has 0 aromatic rings. The van der Waals surface area contributed by atoms with Gasteiger partial charge in [-0.3, -0.25) is 4.79 Å². The Kier molecular flexibility index (Phi) is 7.30. The molecule has 1 rings (SSSR count). The van der Waals surface area contributed by atoms with E-state index < -0.39 is 0 Å². The lowest BCUT2D eigenvalue weighted by Crippen LogP contribution is -2.40. The molecule has 5 nitrogen and oxygen atoms in total. The van der Waals surface area contributed by atoms with Gasteiger partial charge in [-0.05, 0) is 33.1 Å². The summed E-state index contributed by atoms with van der Waals surface area (Å²) in [6.07, 6.45) is 5.53. The van der Waals surface area contributed by atoms with Gasteiger partial charge in [-0.2, -0.15) is 0 Å². The summed E-state index contributed by atoms with van der Waals surface area (Å²) >= 11 is 0. The van der Waals surface area contributed by atoms with E-state index in [2.05, 4.69) is 5.32 Å². The number of carbonyl (C=O) groups is 2. The molecule has 19 heavy (non-hydrogen) atoms. The Morgan fingerprint density at radius 2 is 1.79 bits per heavy atom. The molecule has 1 aliphatic rings. The minimum Gasteiger partial charge on any atom is -0.463 e. The highest BCUT2D eigenvalue weighted by Crippen LogP contribution is 2.09. The average molecular weight is 270 g/mol. The first-order valence-corrected chi connectivity index (χ1v) is 7.32. The smallest absolute Gasteiger partial charge is 0.317 e. The van der Waals surface area contributed by atoms with E-state index in [4.69, 9.17) is 4.74 Å². The monoisotopic (exact) mass is 270 g/mol. The maximum atomic E-state index is 11.9. The molecule has 5 heteroatoms. The molecule has 1 aliphatic heterocycles. The largest absolute Gasteiger partial charge is 0.463 e. The Hall–Kier alpha value is -1.26. The van der Waals surface area contributed by atoms with Crippen LogP contribution in [0.3, 0.4) is 0 Å². The van der Waals surface area contributed by atoms with Crippen molar-refractivity contribution < 1.29 is 14.3 Å². The third-order valence-electron chi connectivity index (χ3n) is 3.09. The molecule has 110 valence electrons. The average Bonchev–Trinajstić information content (AvgIpc) is 2.62. The minimum absolute atomic E-state index is 0.000808. The van der Waals surface area contributed by atoms with Gasteiger partial charge >= 0.3 is 12.0 Å².